The van der Waals surface area contributed by atoms with Gasteiger partial charge in [0.25, 0.3) is 5.82 Å². The topological polar surface area (TPSA) is 8.81 Å². The molecule has 0 fully saturated rings. The van der Waals surface area contributed by atoms with Gasteiger partial charge in [-0.15, -0.1) is 0 Å². The lowest BCUT2D eigenvalue weighted by Crippen LogP contribution is -2.37. The predicted octanol–water partition coefficient (Wildman–Crippen LogP) is 12.2. The summed E-state index contributed by atoms with van der Waals surface area (Å²) in [6, 6.07) is 11.0. The first-order valence-corrected chi connectivity index (χ1v) is 18.5. The summed E-state index contributed by atoms with van der Waals surface area (Å²) in [6.45, 7) is 6.80. The van der Waals surface area contributed by atoms with Crippen LogP contribution in [0.4, 0.5) is 0 Å². The van der Waals surface area contributed by atoms with Crippen LogP contribution in [0.1, 0.15) is 186 Å². The van der Waals surface area contributed by atoms with E-state index in [9.17, 15) is 0 Å². The number of nitrogens with zero attached hydrogens (tertiary/aromatic N) is 2. The lowest BCUT2D eigenvalue weighted by atomic mass is 10.0. The van der Waals surface area contributed by atoms with E-state index in [0.717, 1.165) is 6.54 Å². The summed E-state index contributed by atoms with van der Waals surface area (Å²) in [5.41, 5.74) is 1.41. The van der Waals surface area contributed by atoms with Gasteiger partial charge in [0.1, 0.15) is 18.9 Å². The number of hydrogen-bond donors (Lipinski definition) is 0. The Morgan fingerprint density at radius 2 is 0.902 bits per heavy atom. The fourth-order valence-corrected chi connectivity index (χ4v) is 6.34. The zero-order chi connectivity index (χ0) is 29.1. The molecule has 0 unspecified atom stereocenters. The van der Waals surface area contributed by atoms with Gasteiger partial charge >= 0.3 is 0 Å². The normalized spacial score (nSPS) is 11.5. The number of aryl methyl sites for hydroxylation is 1. The molecule has 0 aliphatic heterocycles. The summed E-state index contributed by atoms with van der Waals surface area (Å²) in [4.78, 5) is 0. The Balaban J connectivity index is 1.62. The molecule has 1 aromatic heterocycles. The lowest BCUT2D eigenvalue weighted by Gasteiger charge is -2.07. The zero-order valence-electron chi connectivity index (χ0n) is 27.7. The van der Waals surface area contributed by atoms with E-state index in [-0.39, 0.29) is 0 Å². The van der Waals surface area contributed by atoms with E-state index in [0.29, 0.717) is 0 Å². The molecule has 0 bridgehead atoms. The van der Waals surface area contributed by atoms with Crippen LogP contribution >= 0.6 is 0 Å². The Hall–Kier alpha value is -1.57. The van der Waals surface area contributed by atoms with Gasteiger partial charge in [-0.25, -0.2) is 9.13 Å². The minimum Gasteiger partial charge on any atom is -0.234 e. The Bertz CT molecular complexity index is 808. The molecule has 0 atom stereocenters. The Morgan fingerprint density at radius 3 is 1.37 bits per heavy atom. The second-order valence-electron chi connectivity index (χ2n) is 12.9. The Labute approximate surface area is 256 Å². The number of aromatic nitrogens is 2. The third-order valence-corrected chi connectivity index (χ3v) is 9.04. The SMILES string of the molecule is CCCCCCCCCCCCCCCn1cc[n+](Cc2ccccc2)c1CCCCCCCCCCCCCC. The van der Waals surface area contributed by atoms with E-state index in [4.69, 9.17) is 0 Å². The van der Waals surface area contributed by atoms with E-state index in [2.05, 4.69) is 65.7 Å². The molecule has 2 aromatic rings. The largest absolute Gasteiger partial charge is 0.256 e. The summed E-state index contributed by atoms with van der Waals surface area (Å²) in [6.07, 6.45) is 41.5. The maximum Gasteiger partial charge on any atom is 0.256 e. The van der Waals surface area contributed by atoms with E-state index in [1.54, 1.807) is 5.82 Å². The molecule has 2 nitrogen and oxygen atoms in total. The molecule has 2 rings (SSSR count). The molecule has 0 amide bonds. The van der Waals surface area contributed by atoms with Gasteiger partial charge in [0.05, 0.1) is 6.54 Å². The fraction of sp³-hybridized carbons (Fsp3) is 0.769. The minimum atomic E-state index is 1.00. The van der Waals surface area contributed by atoms with E-state index in [1.165, 1.54) is 179 Å². The van der Waals surface area contributed by atoms with Crippen LogP contribution in [0.25, 0.3) is 0 Å². The Kier molecular flexibility index (Phi) is 22.7. The van der Waals surface area contributed by atoms with Crippen molar-refractivity contribution < 1.29 is 4.57 Å². The molecule has 0 aliphatic carbocycles. The highest BCUT2D eigenvalue weighted by molar-refractivity contribution is 5.13. The van der Waals surface area contributed by atoms with E-state index < -0.39 is 0 Å². The van der Waals surface area contributed by atoms with Crippen molar-refractivity contribution in [3.63, 3.8) is 0 Å². The van der Waals surface area contributed by atoms with Gasteiger partial charge in [0.15, 0.2) is 0 Å². The summed E-state index contributed by atoms with van der Waals surface area (Å²) in [5.74, 6) is 1.54. The molecule has 41 heavy (non-hydrogen) atoms. The number of benzene rings is 1. The zero-order valence-corrected chi connectivity index (χ0v) is 27.7. The Morgan fingerprint density at radius 1 is 0.488 bits per heavy atom. The van der Waals surface area contributed by atoms with Crippen molar-refractivity contribution in [2.75, 3.05) is 0 Å². The van der Waals surface area contributed by atoms with Crippen molar-refractivity contribution in [1.29, 1.82) is 0 Å². The van der Waals surface area contributed by atoms with Crippen molar-refractivity contribution in [2.45, 2.75) is 194 Å². The molecule has 234 valence electrons. The number of imidazole rings is 1. The van der Waals surface area contributed by atoms with E-state index >= 15 is 0 Å². The second-order valence-corrected chi connectivity index (χ2v) is 12.9. The maximum atomic E-state index is 2.58. The third kappa shape index (κ3) is 18.6. The van der Waals surface area contributed by atoms with Crippen molar-refractivity contribution in [2.24, 2.45) is 0 Å². The molecule has 2 heteroatoms. The highest BCUT2D eigenvalue weighted by Gasteiger charge is 2.17. The van der Waals surface area contributed by atoms with Crippen LogP contribution in [0.15, 0.2) is 42.7 Å². The highest BCUT2D eigenvalue weighted by atomic mass is 15.1. The third-order valence-electron chi connectivity index (χ3n) is 9.04. The van der Waals surface area contributed by atoms with E-state index in [1.807, 2.05) is 0 Å². The fourth-order valence-electron chi connectivity index (χ4n) is 6.34. The van der Waals surface area contributed by atoms with Crippen LogP contribution < -0.4 is 4.57 Å². The standard InChI is InChI=1S/C39H69N2/c1-3-5-7-9-11-13-15-17-19-21-23-25-30-34-40-35-36-41(37-38-31-27-26-28-32-38)39(40)33-29-24-22-20-18-16-14-12-10-8-6-4-2/h26-28,31-32,35-36H,3-25,29-30,33-34,37H2,1-2H3/q+1. The summed E-state index contributed by atoms with van der Waals surface area (Å²) >= 11 is 0. The lowest BCUT2D eigenvalue weighted by molar-refractivity contribution is -0.695. The van der Waals surface area contributed by atoms with Crippen LogP contribution in [-0.2, 0) is 19.5 Å². The number of hydrogen-bond acceptors (Lipinski definition) is 0. The molecular formula is C39H69N2+. The van der Waals surface area contributed by atoms with Crippen molar-refractivity contribution in [3.8, 4) is 0 Å². The molecule has 0 saturated carbocycles. The quantitative estimate of drug-likeness (QED) is 0.0685. The highest BCUT2D eigenvalue weighted by Crippen LogP contribution is 2.15. The van der Waals surface area contributed by atoms with Crippen molar-refractivity contribution in [1.82, 2.24) is 4.57 Å². The molecule has 0 spiro atoms. The van der Waals surface area contributed by atoms with Gasteiger partial charge in [-0.05, 0) is 24.8 Å². The molecule has 0 radical (unpaired) electrons. The second kappa shape index (κ2) is 26.1. The molecular weight excluding hydrogens is 496 g/mol. The van der Waals surface area contributed by atoms with Crippen LogP contribution in [0.3, 0.4) is 0 Å². The monoisotopic (exact) mass is 566 g/mol. The van der Waals surface area contributed by atoms with Crippen LogP contribution in [0.5, 0.6) is 0 Å². The van der Waals surface area contributed by atoms with Crippen molar-refractivity contribution in [3.05, 3.63) is 54.1 Å². The first-order valence-electron chi connectivity index (χ1n) is 18.5. The van der Waals surface area contributed by atoms with Gasteiger partial charge in [0.2, 0.25) is 0 Å². The minimum absolute atomic E-state index is 1.00. The van der Waals surface area contributed by atoms with Crippen LogP contribution in [0, 0.1) is 0 Å². The molecule has 0 aliphatic rings. The van der Waals surface area contributed by atoms with Gasteiger partial charge in [-0.2, -0.15) is 0 Å². The predicted molar refractivity (Wildman–Crippen MR) is 181 cm³/mol. The van der Waals surface area contributed by atoms with Crippen molar-refractivity contribution >= 4 is 0 Å². The van der Waals surface area contributed by atoms with Crippen LogP contribution in [0.2, 0.25) is 0 Å². The van der Waals surface area contributed by atoms with Crippen LogP contribution in [-0.4, -0.2) is 4.57 Å². The van der Waals surface area contributed by atoms with Gasteiger partial charge in [0, 0.05) is 6.42 Å². The smallest absolute Gasteiger partial charge is 0.234 e. The summed E-state index contributed by atoms with van der Waals surface area (Å²) in [7, 11) is 0. The van der Waals surface area contributed by atoms with Gasteiger partial charge in [-0.3, -0.25) is 0 Å². The average Bonchev–Trinajstić information content (AvgIpc) is 3.37. The molecule has 0 saturated heterocycles. The molecule has 1 heterocycles. The number of unbranched alkanes of at least 4 members (excludes halogenated alkanes) is 23. The van der Waals surface area contributed by atoms with Gasteiger partial charge in [-0.1, -0.05) is 185 Å². The molecule has 1 aromatic carbocycles. The first kappa shape index (κ1) is 35.6. The number of rotatable bonds is 29. The summed E-state index contributed by atoms with van der Waals surface area (Å²) < 4.78 is 5.11. The average molecular weight is 566 g/mol. The molecule has 0 N–H and O–H groups in total. The van der Waals surface area contributed by atoms with Gasteiger partial charge < -0.3 is 0 Å². The summed E-state index contributed by atoms with van der Waals surface area (Å²) in [5, 5.41) is 0. The first-order chi connectivity index (χ1) is 20.3. The maximum absolute atomic E-state index is 2.58.